The highest BCUT2D eigenvalue weighted by atomic mass is 79.9. The number of carbonyl (C=O) groups is 3. The summed E-state index contributed by atoms with van der Waals surface area (Å²) >= 11 is 18.4. The zero-order chi connectivity index (χ0) is 25.3. The van der Waals surface area contributed by atoms with Gasteiger partial charge in [0.2, 0.25) is 0 Å². The molecule has 0 aliphatic rings. The van der Waals surface area contributed by atoms with E-state index in [2.05, 4.69) is 47.9 Å². The minimum absolute atomic E-state index is 0.0279. The van der Waals surface area contributed by atoms with E-state index in [1.54, 1.807) is 30.3 Å². The molecule has 12 heteroatoms. The lowest BCUT2D eigenvalue weighted by Gasteiger charge is -2.13. The lowest BCUT2D eigenvalue weighted by molar-refractivity contribution is -0.133. The predicted octanol–water partition coefficient (Wildman–Crippen LogP) is 6.57. The highest BCUT2D eigenvalue weighted by Crippen LogP contribution is 2.27. The minimum atomic E-state index is -1.12. The summed E-state index contributed by atoms with van der Waals surface area (Å²) in [6.45, 7) is 0. The van der Waals surface area contributed by atoms with Crippen molar-refractivity contribution in [2.45, 2.75) is 0 Å². The van der Waals surface area contributed by atoms with Crippen LogP contribution in [0.15, 0.2) is 69.6 Å². The number of hydrogen-bond acceptors (Lipinski definition) is 3. The van der Waals surface area contributed by atoms with Crippen LogP contribution in [0.4, 0.5) is 15.8 Å². The van der Waals surface area contributed by atoms with Gasteiger partial charge in [0.1, 0.15) is 11.5 Å². The molecule has 0 aliphatic carbocycles. The van der Waals surface area contributed by atoms with E-state index in [0.717, 1.165) is 10.5 Å². The molecule has 0 aliphatic heterocycles. The summed E-state index contributed by atoms with van der Waals surface area (Å²) in [6, 6.07) is 15.2. The average molecular weight is 643 g/mol. The lowest BCUT2D eigenvalue weighted by Crippen LogP contribution is -2.36. The number of amides is 3. The maximum Gasteiger partial charge on any atom is 0.328 e. The monoisotopic (exact) mass is 640 g/mol. The molecule has 4 rings (SSSR count). The van der Waals surface area contributed by atoms with Gasteiger partial charge in [-0.3, -0.25) is 19.8 Å². The number of benzene rings is 3. The summed E-state index contributed by atoms with van der Waals surface area (Å²) < 4.78 is 16.5. The highest BCUT2D eigenvalue weighted by molar-refractivity contribution is 9.10. The van der Waals surface area contributed by atoms with Crippen LogP contribution in [0, 0.1) is 5.82 Å². The molecule has 0 saturated heterocycles. The predicted molar refractivity (Wildman–Crippen MR) is 141 cm³/mol. The smallest absolute Gasteiger partial charge is 0.321 e. The first-order chi connectivity index (χ1) is 16.6. The standard InChI is InChI=1S/C23H13Br2Cl2FN4O3/c24-12-2-6-19-11(7-12)8-20(21(33)29-14-3-4-15(26)16(27)10-14)32(19)31-23(35)22(34)30-18-5-1-13(25)9-17(18)28/h1-10H,(H,29,33)(H,30,34)(H,31,35). The van der Waals surface area contributed by atoms with E-state index in [9.17, 15) is 18.8 Å². The van der Waals surface area contributed by atoms with Crippen LogP contribution in [0.1, 0.15) is 10.5 Å². The number of carbonyl (C=O) groups excluding carboxylic acids is 3. The molecule has 3 N–H and O–H groups in total. The molecule has 4 aromatic rings. The largest absolute Gasteiger partial charge is 0.328 e. The van der Waals surface area contributed by atoms with Crippen LogP contribution in [0.2, 0.25) is 10.0 Å². The van der Waals surface area contributed by atoms with Gasteiger partial charge in [0.05, 0.1) is 21.2 Å². The highest BCUT2D eigenvalue weighted by Gasteiger charge is 2.22. The van der Waals surface area contributed by atoms with Crippen LogP contribution in [0.5, 0.6) is 0 Å². The van der Waals surface area contributed by atoms with Gasteiger partial charge in [-0.1, -0.05) is 55.1 Å². The second-order valence-electron chi connectivity index (χ2n) is 7.17. The number of fused-ring (bicyclic) bond motifs is 1. The fraction of sp³-hybridized carbons (Fsp3) is 0. The molecule has 0 saturated carbocycles. The first-order valence-corrected chi connectivity index (χ1v) is 12.1. The zero-order valence-corrected chi connectivity index (χ0v) is 22.0. The molecule has 0 atom stereocenters. The zero-order valence-electron chi connectivity index (χ0n) is 17.3. The van der Waals surface area contributed by atoms with Crippen LogP contribution < -0.4 is 16.1 Å². The Bertz CT molecular complexity index is 1510. The molecule has 7 nitrogen and oxygen atoms in total. The van der Waals surface area contributed by atoms with Crippen LogP contribution >= 0.6 is 55.1 Å². The number of nitrogens with zero attached hydrogens (tertiary/aromatic N) is 1. The minimum Gasteiger partial charge on any atom is -0.321 e. The maximum absolute atomic E-state index is 14.1. The van der Waals surface area contributed by atoms with Crippen molar-refractivity contribution in [2.75, 3.05) is 16.1 Å². The van der Waals surface area contributed by atoms with Crippen molar-refractivity contribution in [1.82, 2.24) is 4.68 Å². The Morgan fingerprint density at radius 3 is 2.23 bits per heavy atom. The molecule has 3 aromatic carbocycles. The molecule has 0 unspecified atom stereocenters. The molecule has 0 spiro atoms. The van der Waals surface area contributed by atoms with Gasteiger partial charge in [-0.2, -0.15) is 0 Å². The average Bonchev–Trinajstić information content (AvgIpc) is 3.15. The normalized spacial score (nSPS) is 10.8. The quantitative estimate of drug-likeness (QED) is 0.220. The van der Waals surface area contributed by atoms with Crippen molar-refractivity contribution in [3.05, 3.63) is 91.2 Å². The third kappa shape index (κ3) is 5.67. The molecule has 0 fully saturated rings. The molecule has 0 bridgehead atoms. The van der Waals surface area contributed by atoms with E-state index in [-0.39, 0.29) is 16.4 Å². The Morgan fingerprint density at radius 2 is 1.51 bits per heavy atom. The van der Waals surface area contributed by atoms with E-state index in [1.807, 2.05) is 0 Å². The molecular weight excluding hydrogens is 630 g/mol. The van der Waals surface area contributed by atoms with E-state index >= 15 is 0 Å². The number of rotatable bonds is 4. The second-order valence-corrected chi connectivity index (χ2v) is 9.82. The third-order valence-corrected chi connectivity index (χ3v) is 6.50. The number of halogens is 5. The number of nitrogens with one attached hydrogen (secondary N) is 3. The van der Waals surface area contributed by atoms with Gasteiger partial charge in [-0.05, 0) is 60.7 Å². The van der Waals surface area contributed by atoms with E-state index in [4.69, 9.17) is 23.2 Å². The number of aromatic nitrogens is 1. The summed E-state index contributed by atoms with van der Waals surface area (Å²) in [5, 5.41) is 6.07. The van der Waals surface area contributed by atoms with Crippen LogP contribution in [0.25, 0.3) is 10.9 Å². The van der Waals surface area contributed by atoms with E-state index < -0.39 is 23.5 Å². The van der Waals surface area contributed by atoms with Gasteiger partial charge in [0.25, 0.3) is 5.91 Å². The summed E-state index contributed by atoms with van der Waals surface area (Å²) in [5.41, 5.74) is 3.08. The third-order valence-electron chi connectivity index (χ3n) is 4.77. The summed E-state index contributed by atoms with van der Waals surface area (Å²) in [6.07, 6.45) is 0. The van der Waals surface area contributed by atoms with Crippen molar-refractivity contribution in [2.24, 2.45) is 0 Å². The summed E-state index contributed by atoms with van der Waals surface area (Å²) in [7, 11) is 0. The summed E-state index contributed by atoms with van der Waals surface area (Å²) in [4.78, 5) is 38.2. The van der Waals surface area contributed by atoms with Crippen molar-refractivity contribution < 1.29 is 18.8 Å². The Hall–Kier alpha value is -2.92. The number of anilines is 2. The molecule has 1 heterocycles. The maximum atomic E-state index is 14.1. The van der Waals surface area contributed by atoms with Crippen molar-refractivity contribution in [3.63, 3.8) is 0 Å². The molecule has 3 amide bonds. The molecule has 178 valence electrons. The van der Waals surface area contributed by atoms with Crippen molar-refractivity contribution in [3.8, 4) is 0 Å². The van der Waals surface area contributed by atoms with Crippen molar-refractivity contribution in [1.29, 1.82) is 0 Å². The van der Waals surface area contributed by atoms with Crippen molar-refractivity contribution >= 4 is 95.1 Å². The van der Waals surface area contributed by atoms with Gasteiger partial charge >= 0.3 is 11.8 Å². The van der Waals surface area contributed by atoms with Gasteiger partial charge in [0, 0.05) is 20.0 Å². The fourth-order valence-electron chi connectivity index (χ4n) is 3.17. The van der Waals surface area contributed by atoms with E-state index in [1.165, 1.54) is 28.9 Å². The fourth-order valence-corrected chi connectivity index (χ4v) is 4.18. The Kier molecular flexibility index (Phi) is 7.46. The molecule has 0 radical (unpaired) electrons. The van der Waals surface area contributed by atoms with Gasteiger partial charge in [-0.15, -0.1) is 0 Å². The Balaban J connectivity index is 1.63. The summed E-state index contributed by atoms with van der Waals surface area (Å²) in [5.74, 6) is -3.55. The molecule has 1 aromatic heterocycles. The molecule has 35 heavy (non-hydrogen) atoms. The topological polar surface area (TPSA) is 92.2 Å². The van der Waals surface area contributed by atoms with Crippen LogP contribution in [-0.2, 0) is 9.59 Å². The van der Waals surface area contributed by atoms with E-state index in [0.29, 0.717) is 26.1 Å². The van der Waals surface area contributed by atoms with Crippen LogP contribution in [-0.4, -0.2) is 22.4 Å². The van der Waals surface area contributed by atoms with Gasteiger partial charge < -0.3 is 10.6 Å². The lowest BCUT2D eigenvalue weighted by atomic mass is 10.2. The van der Waals surface area contributed by atoms with Gasteiger partial charge in [0.15, 0.2) is 0 Å². The van der Waals surface area contributed by atoms with Gasteiger partial charge in [-0.25, -0.2) is 9.07 Å². The first-order valence-electron chi connectivity index (χ1n) is 9.77. The SMILES string of the molecule is O=C(Nc1ccc(Br)cc1F)C(=O)Nn1c(C(=O)Nc2ccc(Cl)c(Cl)c2)cc2cc(Br)ccc21. The Labute approximate surface area is 224 Å². The molecular formula is C23H13Br2Cl2FN4O3. The van der Waals surface area contributed by atoms with Crippen LogP contribution in [0.3, 0.4) is 0 Å². The number of hydrogen-bond donors (Lipinski definition) is 3. The first kappa shape index (κ1) is 25.2. The second kappa shape index (κ2) is 10.4. The Morgan fingerprint density at radius 1 is 0.800 bits per heavy atom.